The molecule has 2 aliphatic carbocycles. The topological polar surface area (TPSA) is 72.4 Å². The van der Waals surface area contributed by atoms with E-state index in [1.807, 2.05) is 4.90 Å². The third kappa shape index (κ3) is 4.74. The molecule has 0 aromatic carbocycles. The van der Waals surface area contributed by atoms with Crippen LogP contribution in [-0.4, -0.2) is 83.5 Å². The second-order valence-corrected chi connectivity index (χ2v) is 12.9. The molecular weight excluding hydrogens is 420 g/mol. The molecule has 0 radical (unpaired) electrons. The van der Waals surface area contributed by atoms with Gasteiger partial charge in [0.05, 0.1) is 11.4 Å². The number of piperazine rings is 1. The largest absolute Gasteiger partial charge is 0.392 e. The van der Waals surface area contributed by atoms with E-state index in [1.54, 1.807) is 0 Å². The van der Waals surface area contributed by atoms with Crippen LogP contribution in [-0.2, 0) is 4.79 Å². The van der Waals surface area contributed by atoms with Crippen LogP contribution in [0.15, 0.2) is 0 Å². The summed E-state index contributed by atoms with van der Waals surface area (Å²) in [6, 6.07) is 0.564. The summed E-state index contributed by atoms with van der Waals surface area (Å²) in [4.78, 5) is 17.6. The third-order valence-electron chi connectivity index (χ3n) is 9.37. The number of amides is 1. The molecule has 4 rings (SSSR count). The molecule has 0 aromatic heterocycles. The van der Waals surface area contributed by atoms with Crippen LogP contribution in [0.25, 0.3) is 0 Å². The van der Waals surface area contributed by atoms with Gasteiger partial charge in [0.25, 0.3) is 0 Å². The maximum atomic E-state index is 13.3. The van der Waals surface area contributed by atoms with E-state index in [9.17, 15) is 9.90 Å². The zero-order valence-corrected chi connectivity index (χ0v) is 21.7. The SMILES string of the molecule is CCCCNC1[NH2+]C2C(C[C@@]3(C)CC[C@@H]([C@H](C)C(=O)N4CCN(C)CC4)[C@H](O)[C@H]3[C@@H]2C)S1. The first-order valence-electron chi connectivity index (χ1n) is 13.1. The number of carbonyl (C=O) groups is 1. The van der Waals surface area contributed by atoms with Crippen LogP contribution in [0.2, 0.25) is 0 Å². The number of likely N-dealkylation sites (N-methyl/N-ethyl adjacent to an activating group) is 1. The normalized spacial score (nSPS) is 43.6. The Morgan fingerprint density at radius 1 is 1.31 bits per heavy atom. The van der Waals surface area contributed by atoms with E-state index in [0.717, 1.165) is 45.6 Å². The minimum Gasteiger partial charge on any atom is -0.392 e. The molecule has 4 fully saturated rings. The van der Waals surface area contributed by atoms with Gasteiger partial charge in [-0.15, -0.1) is 0 Å². The third-order valence-corrected chi connectivity index (χ3v) is 10.8. The van der Waals surface area contributed by atoms with E-state index >= 15 is 0 Å². The molecule has 4 N–H and O–H groups in total. The zero-order valence-electron chi connectivity index (χ0n) is 20.9. The zero-order chi connectivity index (χ0) is 23.0. The molecule has 6 nitrogen and oxygen atoms in total. The van der Waals surface area contributed by atoms with Crippen molar-refractivity contribution in [2.24, 2.45) is 29.1 Å². The molecule has 2 saturated carbocycles. The highest BCUT2D eigenvalue weighted by Crippen LogP contribution is 2.57. The van der Waals surface area contributed by atoms with Gasteiger partial charge < -0.3 is 20.2 Å². The lowest BCUT2D eigenvalue weighted by Crippen LogP contribution is -2.96. The van der Waals surface area contributed by atoms with Crippen LogP contribution < -0.4 is 10.6 Å². The van der Waals surface area contributed by atoms with Gasteiger partial charge in [-0.2, -0.15) is 0 Å². The van der Waals surface area contributed by atoms with Crippen LogP contribution in [0, 0.1) is 29.1 Å². The Balaban J connectivity index is 1.42. The molecule has 0 spiro atoms. The number of nitrogens with two attached hydrogens (primary N) is 1. The first kappa shape index (κ1) is 24.8. The number of nitrogens with one attached hydrogen (secondary N) is 1. The van der Waals surface area contributed by atoms with Crippen molar-refractivity contribution in [2.45, 2.75) is 82.7 Å². The number of hydrogen-bond donors (Lipinski definition) is 3. The van der Waals surface area contributed by atoms with E-state index < -0.39 is 0 Å². The highest BCUT2D eigenvalue weighted by atomic mass is 32.2. The van der Waals surface area contributed by atoms with Crippen molar-refractivity contribution in [3.05, 3.63) is 0 Å². The number of fused-ring (bicyclic) bond motifs is 2. The summed E-state index contributed by atoms with van der Waals surface area (Å²) < 4.78 is 0. The summed E-state index contributed by atoms with van der Waals surface area (Å²) >= 11 is 2.12. The van der Waals surface area contributed by atoms with Crippen molar-refractivity contribution in [3.63, 3.8) is 0 Å². The van der Waals surface area contributed by atoms with Gasteiger partial charge in [0.1, 0.15) is 6.04 Å². The Labute approximate surface area is 199 Å². The lowest BCUT2D eigenvalue weighted by atomic mass is 9.51. The predicted molar refractivity (Wildman–Crippen MR) is 131 cm³/mol. The number of unbranched alkanes of at least 4 members (excludes halogenated alkanes) is 1. The smallest absolute Gasteiger partial charge is 0.225 e. The minimum absolute atomic E-state index is 0.0896. The van der Waals surface area contributed by atoms with Crippen molar-refractivity contribution in [1.29, 1.82) is 0 Å². The summed E-state index contributed by atoms with van der Waals surface area (Å²) in [5.74, 6) is 1.01. The lowest BCUT2D eigenvalue weighted by Gasteiger charge is -2.56. The standard InChI is InChI=1S/C25H46N4O2S/c1-6-7-10-26-24-27-21-17(3)20-22(30)18(8-9-25(20,4)15-19(21)32-24)16(2)23(31)29-13-11-28(5)12-14-29/h16-22,24,26-27,30H,6-15H2,1-5H3/p+1/t16-,17-,18-,19?,20+,21?,22-,24?,25+/m0/s1. The first-order chi connectivity index (χ1) is 15.2. The van der Waals surface area contributed by atoms with Gasteiger partial charge in [-0.05, 0) is 50.0 Å². The van der Waals surface area contributed by atoms with Crippen molar-refractivity contribution in [3.8, 4) is 0 Å². The van der Waals surface area contributed by atoms with Gasteiger partial charge in [-0.3, -0.25) is 10.1 Å². The van der Waals surface area contributed by atoms with Crippen LogP contribution in [0.3, 0.4) is 0 Å². The van der Waals surface area contributed by atoms with Crippen molar-refractivity contribution >= 4 is 17.7 Å². The van der Waals surface area contributed by atoms with Crippen molar-refractivity contribution < 1.29 is 15.2 Å². The van der Waals surface area contributed by atoms with Gasteiger partial charge >= 0.3 is 0 Å². The summed E-state index contributed by atoms with van der Waals surface area (Å²) in [5.41, 5.74) is 0.639. The number of quaternary nitrogens is 1. The van der Waals surface area contributed by atoms with Crippen molar-refractivity contribution in [2.75, 3.05) is 39.8 Å². The molecule has 2 heterocycles. The van der Waals surface area contributed by atoms with Gasteiger partial charge in [0, 0.05) is 44.6 Å². The number of carbonyl (C=O) groups excluding carboxylic acids is 1. The van der Waals surface area contributed by atoms with E-state index in [-0.39, 0.29) is 35.2 Å². The summed E-state index contributed by atoms with van der Waals surface area (Å²) in [5, 5.41) is 18.7. The molecule has 184 valence electrons. The molecule has 0 bridgehead atoms. The van der Waals surface area contributed by atoms with Crippen LogP contribution in [0.4, 0.5) is 0 Å². The number of aliphatic hydroxyl groups excluding tert-OH is 1. The van der Waals surface area contributed by atoms with E-state index in [0.29, 0.717) is 22.7 Å². The maximum absolute atomic E-state index is 13.3. The predicted octanol–water partition coefficient (Wildman–Crippen LogP) is 1.55. The Morgan fingerprint density at radius 3 is 2.72 bits per heavy atom. The quantitative estimate of drug-likeness (QED) is 0.517. The molecule has 9 atom stereocenters. The Hall–Kier alpha value is -0.340. The van der Waals surface area contributed by atoms with E-state index in [2.05, 4.69) is 62.0 Å². The molecule has 2 aliphatic heterocycles. The highest BCUT2D eigenvalue weighted by Gasteiger charge is 2.60. The second kappa shape index (κ2) is 10.1. The number of aliphatic hydroxyl groups is 1. The van der Waals surface area contributed by atoms with Gasteiger partial charge in [0.15, 0.2) is 5.50 Å². The average molecular weight is 468 g/mol. The second-order valence-electron chi connectivity index (χ2n) is 11.5. The summed E-state index contributed by atoms with van der Waals surface area (Å²) in [7, 11) is 2.12. The highest BCUT2D eigenvalue weighted by molar-refractivity contribution is 8.00. The van der Waals surface area contributed by atoms with Crippen LogP contribution in [0.1, 0.15) is 59.8 Å². The van der Waals surface area contributed by atoms with Crippen LogP contribution >= 0.6 is 11.8 Å². The van der Waals surface area contributed by atoms with E-state index in [4.69, 9.17) is 0 Å². The molecule has 4 aliphatic rings. The van der Waals surface area contributed by atoms with Gasteiger partial charge in [0.2, 0.25) is 5.91 Å². The minimum atomic E-state index is -0.374. The molecule has 32 heavy (non-hydrogen) atoms. The molecule has 7 heteroatoms. The fourth-order valence-corrected chi connectivity index (χ4v) is 9.18. The van der Waals surface area contributed by atoms with Crippen LogP contribution in [0.5, 0.6) is 0 Å². The van der Waals surface area contributed by atoms with Gasteiger partial charge in [-0.25, -0.2) is 0 Å². The number of hydrogen-bond acceptors (Lipinski definition) is 5. The molecule has 0 aromatic rings. The fourth-order valence-electron chi connectivity index (χ4n) is 7.32. The molecular formula is C25H47N4O2S+. The van der Waals surface area contributed by atoms with E-state index in [1.165, 1.54) is 19.3 Å². The number of rotatable bonds is 6. The lowest BCUT2D eigenvalue weighted by molar-refractivity contribution is -0.707. The molecule has 2 saturated heterocycles. The Morgan fingerprint density at radius 2 is 2.03 bits per heavy atom. The number of nitrogens with zero attached hydrogens (tertiary/aromatic N) is 2. The Kier molecular flexibility index (Phi) is 7.82. The summed E-state index contributed by atoms with van der Waals surface area (Å²) in [6.07, 6.45) is 5.40. The fraction of sp³-hybridized carbons (Fsp3) is 0.960. The Bertz CT molecular complexity index is 658. The summed E-state index contributed by atoms with van der Waals surface area (Å²) in [6.45, 7) is 13.8. The monoisotopic (exact) mass is 467 g/mol. The average Bonchev–Trinajstić information content (AvgIpc) is 3.16. The first-order valence-corrected chi connectivity index (χ1v) is 14.1. The number of thioether (sulfide) groups is 1. The molecule has 3 unspecified atom stereocenters. The molecule has 1 amide bonds. The maximum Gasteiger partial charge on any atom is 0.225 e. The van der Waals surface area contributed by atoms with Crippen molar-refractivity contribution in [1.82, 2.24) is 15.1 Å². The van der Waals surface area contributed by atoms with Gasteiger partial charge in [-0.1, -0.05) is 45.9 Å².